The van der Waals surface area contributed by atoms with Gasteiger partial charge in [0.2, 0.25) is 0 Å². The van der Waals surface area contributed by atoms with Gasteiger partial charge in [-0.05, 0) is 32.2 Å². The number of nitrogens with two attached hydrogens (primary N) is 1. The van der Waals surface area contributed by atoms with E-state index in [4.69, 9.17) is 10.5 Å². The molecule has 0 radical (unpaired) electrons. The van der Waals surface area contributed by atoms with Crippen molar-refractivity contribution in [3.8, 4) is 0 Å². The van der Waals surface area contributed by atoms with Crippen LogP contribution in [0.5, 0.6) is 0 Å². The van der Waals surface area contributed by atoms with Crippen LogP contribution in [-0.4, -0.2) is 62.5 Å². The number of hydrogen-bond donors (Lipinski definition) is 1. The molecule has 2 saturated heterocycles. The van der Waals surface area contributed by atoms with Crippen LogP contribution in [0.25, 0.3) is 0 Å². The highest BCUT2D eigenvalue weighted by molar-refractivity contribution is 7.86. The molecule has 0 bridgehead atoms. The maximum Gasteiger partial charge on any atom is 0.282 e. The highest BCUT2D eigenvalue weighted by Gasteiger charge is 2.38. The number of nitrogens with zero attached hydrogens (tertiary/aromatic N) is 2. The first-order valence-corrected chi connectivity index (χ1v) is 8.10. The molecular weight excluding hydrogens is 254 g/mol. The quantitative estimate of drug-likeness (QED) is 0.753. The monoisotopic (exact) mass is 277 g/mol. The first kappa shape index (κ1) is 14.2. The van der Waals surface area contributed by atoms with Gasteiger partial charge in [-0.15, -0.1) is 0 Å². The van der Waals surface area contributed by atoms with E-state index in [2.05, 4.69) is 0 Å². The average molecular weight is 277 g/mol. The van der Waals surface area contributed by atoms with Crippen molar-refractivity contribution in [1.82, 2.24) is 8.61 Å². The Morgan fingerprint density at radius 2 is 1.94 bits per heavy atom. The molecule has 0 aromatic rings. The Kier molecular flexibility index (Phi) is 4.97. The van der Waals surface area contributed by atoms with Gasteiger partial charge >= 0.3 is 0 Å². The molecule has 2 fully saturated rings. The van der Waals surface area contributed by atoms with E-state index in [0.717, 1.165) is 25.7 Å². The summed E-state index contributed by atoms with van der Waals surface area (Å²) in [7, 11) is -3.30. The summed E-state index contributed by atoms with van der Waals surface area (Å²) >= 11 is 0. The summed E-state index contributed by atoms with van der Waals surface area (Å²) in [5, 5.41) is 0. The third-order valence-corrected chi connectivity index (χ3v) is 5.75. The molecule has 2 heterocycles. The van der Waals surface area contributed by atoms with Crippen molar-refractivity contribution in [1.29, 1.82) is 0 Å². The summed E-state index contributed by atoms with van der Waals surface area (Å²) in [5.41, 5.74) is 5.51. The molecule has 6 nitrogen and oxygen atoms in total. The first-order chi connectivity index (χ1) is 8.66. The highest BCUT2D eigenvalue weighted by atomic mass is 32.2. The molecule has 7 heteroatoms. The van der Waals surface area contributed by atoms with E-state index in [1.165, 1.54) is 0 Å². The van der Waals surface area contributed by atoms with E-state index in [1.807, 2.05) is 0 Å². The number of hydrogen-bond acceptors (Lipinski definition) is 4. The molecule has 18 heavy (non-hydrogen) atoms. The maximum absolute atomic E-state index is 12.5. The zero-order valence-electron chi connectivity index (χ0n) is 10.8. The zero-order valence-corrected chi connectivity index (χ0v) is 11.6. The van der Waals surface area contributed by atoms with Crippen molar-refractivity contribution in [2.75, 3.05) is 39.4 Å². The van der Waals surface area contributed by atoms with Crippen molar-refractivity contribution in [3.63, 3.8) is 0 Å². The average Bonchev–Trinajstić information content (AvgIpc) is 2.86. The van der Waals surface area contributed by atoms with Crippen molar-refractivity contribution >= 4 is 10.2 Å². The molecule has 106 valence electrons. The van der Waals surface area contributed by atoms with Crippen LogP contribution in [0.2, 0.25) is 0 Å². The lowest BCUT2D eigenvalue weighted by atomic mass is 10.1. The predicted octanol–water partition coefficient (Wildman–Crippen LogP) is -0.233. The Hall–Kier alpha value is -0.210. The predicted molar refractivity (Wildman–Crippen MR) is 69.3 cm³/mol. The van der Waals surface area contributed by atoms with E-state index in [-0.39, 0.29) is 6.04 Å². The second-order valence-electron chi connectivity index (χ2n) is 4.86. The highest BCUT2D eigenvalue weighted by Crippen LogP contribution is 2.26. The molecular formula is C11H23N3O3S. The van der Waals surface area contributed by atoms with E-state index in [0.29, 0.717) is 39.4 Å². The van der Waals surface area contributed by atoms with Gasteiger partial charge in [-0.3, -0.25) is 0 Å². The summed E-state index contributed by atoms with van der Waals surface area (Å²) in [6, 6.07) is 0.140. The molecule has 0 aromatic carbocycles. The van der Waals surface area contributed by atoms with Crippen molar-refractivity contribution in [2.24, 2.45) is 5.73 Å². The minimum Gasteiger partial charge on any atom is -0.379 e. The van der Waals surface area contributed by atoms with Crippen molar-refractivity contribution in [2.45, 2.75) is 31.7 Å². The summed E-state index contributed by atoms with van der Waals surface area (Å²) < 4.78 is 33.5. The van der Waals surface area contributed by atoms with Gasteiger partial charge < -0.3 is 10.5 Å². The van der Waals surface area contributed by atoms with Gasteiger partial charge in [0.25, 0.3) is 10.2 Å². The molecule has 0 aliphatic carbocycles. The van der Waals surface area contributed by atoms with Crippen LogP contribution in [0.4, 0.5) is 0 Å². The van der Waals surface area contributed by atoms with Crippen LogP contribution in [0.1, 0.15) is 25.7 Å². The Balaban J connectivity index is 2.03. The lowest BCUT2D eigenvalue weighted by Crippen LogP contribution is -2.50. The van der Waals surface area contributed by atoms with Crippen LogP contribution in [-0.2, 0) is 14.9 Å². The van der Waals surface area contributed by atoms with Crippen LogP contribution >= 0.6 is 0 Å². The largest absolute Gasteiger partial charge is 0.379 e. The topological polar surface area (TPSA) is 75.9 Å². The van der Waals surface area contributed by atoms with Gasteiger partial charge in [0, 0.05) is 25.7 Å². The number of morpholine rings is 1. The number of rotatable bonds is 5. The molecule has 1 unspecified atom stereocenters. The van der Waals surface area contributed by atoms with Gasteiger partial charge in [-0.2, -0.15) is 17.0 Å². The van der Waals surface area contributed by atoms with E-state index < -0.39 is 10.2 Å². The Labute approximate surface area is 109 Å². The summed E-state index contributed by atoms with van der Waals surface area (Å²) in [4.78, 5) is 0. The second kappa shape index (κ2) is 6.29. The van der Waals surface area contributed by atoms with Gasteiger partial charge in [0.1, 0.15) is 0 Å². The Morgan fingerprint density at radius 3 is 2.61 bits per heavy atom. The third-order valence-electron chi connectivity index (χ3n) is 3.66. The summed E-state index contributed by atoms with van der Waals surface area (Å²) in [6.07, 6.45) is 3.68. The molecule has 2 N–H and O–H groups in total. The normalized spacial score (nSPS) is 27.7. The Morgan fingerprint density at radius 1 is 1.22 bits per heavy atom. The Bertz CT molecular complexity index is 355. The lowest BCUT2D eigenvalue weighted by Gasteiger charge is -2.33. The van der Waals surface area contributed by atoms with Crippen LogP contribution in [0.15, 0.2) is 0 Å². The molecule has 0 aromatic heterocycles. The third kappa shape index (κ3) is 3.03. The number of ether oxygens (including phenoxy) is 1. The molecule has 1 atom stereocenters. The van der Waals surface area contributed by atoms with Gasteiger partial charge in [0.15, 0.2) is 0 Å². The molecule has 0 amide bonds. The standard InChI is InChI=1S/C11H23N3O3S/c12-5-1-3-11-4-2-6-14(11)18(15,16)13-7-9-17-10-8-13/h11H,1-10,12H2. The minimum absolute atomic E-state index is 0.140. The summed E-state index contributed by atoms with van der Waals surface area (Å²) in [6.45, 7) is 3.23. The van der Waals surface area contributed by atoms with Crippen molar-refractivity contribution in [3.05, 3.63) is 0 Å². The molecule has 0 spiro atoms. The second-order valence-corrected chi connectivity index (χ2v) is 6.74. The van der Waals surface area contributed by atoms with E-state index in [9.17, 15) is 8.42 Å². The zero-order chi connectivity index (χ0) is 13.0. The van der Waals surface area contributed by atoms with E-state index >= 15 is 0 Å². The van der Waals surface area contributed by atoms with Crippen LogP contribution in [0.3, 0.4) is 0 Å². The fraction of sp³-hybridized carbons (Fsp3) is 1.00. The van der Waals surface area contributed by atoms with Crippen molar-refractivity contribution < 1.29 is 13.2 Å². The fourth-order valence-corrected chi connectivity index (χ4v) is 4.54. The molecule has 2 aliphatic heterocycles. The lowest BCUT2D eigenvalue weighted by molar-refractivity contribution is 0.0698. The van der Waals surface area contributed by atoms with E-state index in [1.54, 1.807) is 8.61 Å². The summed E-state index contributed by atoms with van der Waals surface area (Å²) in [5.74, 6) is 0. The minimum atomic E-state index is -3.30. The van der Waals surface area contributed by atoms with Crippen LogP contribution in [0, 0.1) is 0 Å². The van der Waals surface area contributed by atoms with Gasteiger partial charge in [-0.25, -0.2) is 0 Å². The molecule has 2 aliphatic rings. The smallest absolute Gasteiger partial charge is 0.282 e. The van der Waals surface area contributed by atoms with Gasteiger partial charge in [-0.1, -0.05) is 0 Å². The molecule has 2 rings (SSSR count). The maximum atomic E-state index is 12.5. The van der Waals surface area contributed by atoms with Crippen LogP contribution < -0.4 is 5.73 Å². The SMILES string of the molecule is NCCCC1CCCN1S(=O)(=O)N1CCOCC1. The molecule has 0 saturated carbocycles. The fourth-order valence-electron chi connectivity index (χ4n) is 2.68. The first-order valence-electron chi connectivity index (χ1n) is 6.71. The van der Waals surface area contributed by atoms with Gasteiger partial charge in [0.05, 0.1) is 13.2 Å².